The van der Waals surface area contributed by atoms with E-state index >= 15 is 0 Å². The fourth-order valence-electron chi connectivity index (χ4n) is 0. The molecule has 0 aromatic heterocycles. The first-order chi connectivity index (χ1) is 2.00. The molecule has 0 amide bonds. The predicted molar refractivity (Wildman–Crippen MR) is 11.6 cm³/mol. The molecule has 0 saturated carbocycles. The van der Waals surface area contributed by atoms with E-state index < -0.39 is 13.6 Å². The van der Waals surface area contributed by atoms with Crippen LogP contribution in [-0.4, -0.2) is 32.2 Å². The van der Waals surface area contributed by atoms with Crippen molar-refractivity contribution in [3.05, 3.63) is 0 Å². The number of hydrogen-bond donors (Lipinski definition) is 2. The zero-order valence-electron chi connectivity index (χ0n) is 2.62. The molecule has 6 heteroatoms. The second-order valence-electron chi connectivity index (χ2n) is 0.448. The van der Waals surface area contributed by atoms with Gasteiger partial charge in [0.1, 0.15) is 0 Å². The van der Waals surface area contributed by atoms with E-state index in [0.29, 0.717) is 0 Å². The zero-order chi connectivity index (χ0) is 4.50. The van der Waals surface area contributed by atoms with E-state index in [0.717, 1.165) is 0 Å². The Morgan fingerprint density at radius 2 is 1.17 bits per heavy atom. The third-order valence-corrected chi connectivity index (χ3v) is 0. The molecule has 0 atom stereocenters. The standard InChI is InChI=1S/Cr.2H2O.2O.Sn/h;2*1H2;;;/q+2;;;;;/p-2. The van der Waals surface area contributed by atoms with Crippen LogP contribution in [0, 0.1) is 0 Å². The second kappa shape index (κ2) is 2.93. The summed E-state index contributed by atoms with van der Waals surface area (Å²) in [5, 5.41) is 0. The zero-order valence-corrected chi connectivity index (χ0v) is 6.75. The molecule has 0 aromatic rings. The number of rotatable bonds is 0. The minimum absolute atomic E-state index is 0. The van der Waals surface area contributed by atoms with E-state index in [1.807, 2.05) is 0 Å². The topological polar surface area (TPSA) is 74.6 Å². The van der Waals surface area contributed by atoms with Crippen molar-refractivity contribution < 1.29 is 29.5 Å². The van der Waals surface area contributed by atoms with Crippen LogP contribution in [0.1, 0.15) is 0 Å². The molecule has 2 N–H and O–H groups in total. The predicted octanol–water partition coefficient (Wildman–Crippen LogP) is -1.73. The van der Waals surface area contributed by atoms with Gasteiger partial charge in [-0.1, -0.05) is 0 Å². The van der Waals surface area contributed by atoms with Gasteiger partial charge in [0, 0.05) is 23.9 Å². The molecule has 0 aliphatic carbocycles. The number of hydrogen-bond acceptors (Lipinski definition) is 2. The Kier molecular flexibility index (Phi) is 4.87. The van der Waals surface area contributed by atoms with Gasteiger partial charge in [-0.25, -0.2) is 0 Å². The van der Waals surface area contributed by atoms with Gasteiger partial charge in [0.2, 0.25) is 0 Å². The maximum Gasteiger partial charge on any atom is 0 e. The van der Waals surface area contributed by atoms with Crippen LogP contribution < -0.4 is 0 Å². The van der Waals surface area contributed by atoms with Gasteiger partial charge >= 0.3 is 29.5 Å². The molecule has 0 unspecified atom stereocenters. The SMILES string of the molecule is [O]=[Cr](=[O])([OH])[OH].[Sn]. The molecule has 6 heavy (non-hydrogen) atoms. The molecule has 0 bridgehead atoms. The van der Waals surface area contributed by atoms with E-state index in [1.54, 1.807) is 0 Å². The van der Waals surface area contributed by atoms with Crippen molar-refractivity contribution in [1.29, 1.82) is 0 Å². The minimum atomic E-state index is -5.25. The average molecular weight is 237 g/mol. The largest absolute Gasteiger partial charge is 0 e. The quantitative estimate of drug-likeness (QED) is 0.490. The first-order valence-electron chi connectivity index (χ1n) is 0.698. The molecule has 0 aliphatic rings. The van der Waals surface area contributed by atoms with Crippen molar-refractivity contribution >= 4 is 23.9 Å². The first-order valence-corrected chi connectivity index (χ1v) is 2.88. The Hall–Kier alpha value is 0.851. The van der Waals surface area contributed by atoms with E-state index in [2.05, 4.69) is 0 Å². The summed E-state index contributed by atoms with van der Waals surface area (Å²) in [5.74, 6) is 0. The summed E-state index contributed by atoms with van der Waals surface area (Å²) in [6.07, 6.45) is 0. The fourth-order valence-corrected chi connectivity index (χ4v) is 0. The van der Waals surface area contributed by atoms with Gasteiger partial charge in [-0.3, -0.25) is 0 Å². The first kappa shape index (κ1) is 9.97. The summed E-state index contributed by atoms with van der Waals surface area (Å²) in [5.41, 5.74) is 0. The van der Waals surface area contributed by atoms with Crippen LogP contribution in [0.3, 0.4) is 0 Å². The van der Waals surface area contributed by atoms with Crippen LogP contribution in [0.25, 0.3) is 0 Å². The van der Waals surface area contributed by atoms with Gasteiger partial charge in [-0.2, -0.15) is 0 Å². The summed E-state index contributed by atoms with van der Waals surface area (Å²) in [4.78, 5) is 0. The van der Waals surface area contributed by atoms with Gasteiger partial charge < -0.3 is 0 Å². The maximum atomic E-state index is 8.82. The molecule has 4 radical (unpaired) electrons. The smallest absolute Gasteiger partial charge is 0 e. The molecular formula is H2CrO4Sn. The second-order valence-corrected chi connectivity index (χ2v) is 1.85. The average Bonchev–Trinajstić information content (AvgIpc) is 0.722. The molecule has 0 saturated heterocycles. The van der Waals surface area contributed by atoms with Gasteiger partial charge in [-0.05, 0) is 0 Å². The van der Waals surface area contributed by atoms with Crippen molar-refractivity contribution in [2.45, 2.75) is 0 Å². The third kappa shape index (κ3) is 99.3. The van der Waals surface area contributed by atoms with Gasteiger partial charge in [0.15, 0.2) is 0 Å². The summed E-state index contributed by atoms with van der Waals surface area (Å²) in [6, 6.07) is 0. The molecular weight excluding hydrogens is 235 g/mol. The minimum Gasteiger partial charge on any atom is 0 e. The van der Waals surface area contributed by atoms with E-state index in [4.69, 9.17) is 15.9 Å². The van der Waals surface area contributed by atoms with Crippen molar-refractivity contribution in [2.24, 2.45) is 0 Å². The van der Waals surface area contributed by atoms with Gasteiger partial charge in [-0.15, -0.1) is 0 Å². The van der Waals surface area contributed by atoms with Crippen LogP contribution in [0.2, 0.25) is 0 Å². The van der Waals surface area contributed by atoms with Gasteiger partial charge in [0.25, 0.3) is 0 Å². The molecule has 0 heterocycles. The van der Waals surface area contributed by atoms with Crippen LogP contribution in [-0.2, 0) is 21.2 Å². The van der Waals surface area contributed by atoms with E-state index in [-0.39, 0.29) is 23.9 Å². The molecule has 4 nitrogen and oxygen atoms in total. The summed E-state index contributed by atoms with van der Waals surface area (Å²) in [6.45, 7) is 0. The summed E-state index contributed by atoms with van der Waals surface area (Å²) < 4.78 is 31.9. The molecule has 0 fully saturated rings. The molecule has 0 rings (SSSR count). The Morgan fingerprint density at radius 3 is 1.17 bits per heavy atom. The van der Waals surface area contributed by atoms with Crippen LogP contribution in [0.15, 0.2) is 0 Å². The normalized spacial score (nSPS) is 9.67. The maximum absolute atomic E-state index is 8.82. The summed E-state index contributed by atoms with van der Waals surface area (Å²) >= 11 is -5.25. The molecule has 36 valence electrons. The monoisotopic (exact) mass is 238 g/mol. The van der Waals surface area contributed by atoms with Crippen molar-refractivity contribution in [1.82, 2.24) is 0 Å². The van der Waals surface area contributed by atoms with Crippen LogP contribution in [0.4, 0.5) is 0 Å². The Bertz CT molecular complexity index is 90.7. The van der Waals surface area contributed by atoms with Crippen molar-refractivity contribution in [3.8, 4) is 0 Å². The Balaban J connectivity index is 0. The Labute approximate surface area is 53.5 Å². The van der Waals surface area contributed by atoms with Crippen molar-refractivity contribution in [3.63, 3.8) is 0 Å². The van der Waals surface area contributed by atoms with Crippen molar-refractivity contribution in [2.75, 3.05) is 0 Å². The molecule has 0 aromatic carbocycles. The van der Waals surface area contributed by atoms with Crippen LogP contribution >= 0.6 is 0 Å². The molecule has 0 aliphatic heterocycles. The van der Waals surface area contributed by atoms with Gasteiger partial charge in [0.05, 0.1) is 0 Å². The van der Waals surface area contributed by atoms with E-state index in [1.165, 1.54) is 0 Å². The third-order valence-electron chi connectivity index (χ3n) is 0. The Morgan fingerprint density at radius 1 is 1.17 bits per heavy atom. The van der Waals surface area contributed by atoms with Crippen LogP contribution in [0.5, 0.6) is 0 Å². The van der Waals surface area contributed by atoms with E-state index in [9.17, 15) is 0 Å². The fraction of sp³-hybridized carbons (Fsp3) is 0. The molecule has 0 spiro atoms. The summed E-state index contributed by atoms with van der Waals surface area (Å²) in [7, 11) is 0.